The van der Waals surface area contributed by atoms with Crippen LogP contribution in [0.5, 0.6) is 0 Å². The molecule has 0 saturated heterocycles. The van der Waals surface area contributed by atoms with Gasteiger partial charge in [0.15, 0.2) is 0 Å². The van der Waals surface area contributed by atoms with E-state index < -0.39 is 0 Å². The number of hydrogen-bond donors (Lipinski definition) is 0. The summed E-state index contributed by atoms with van der Waals surface area (Å²) in [6, 6.07) is 9.00. The largest absolute Gasteiger partial charge is 0.365 e. The van der Waals surface area contributed by atoms with E-state index in [1.165, 1.54) is 11.6 Å². The lowest BCUT2D eigenvalue weighted by Gasteiger charge is -2.31. The Morgan fingerprint density at radius 2 is 2.00 bits per heavy atom. The summed E-state index contributed by atoms with van der Waals surface area (Å²) in [7, 11) is 0. The number of hydrogen-bond acceptors (Lipinski definition) is 3. The van der Waals surface area contributed by atoms with Gasteiger partial charge in [-0.15, -0.1) is 0 Å². The van der Waals surface area contributed by atoms with Gasteiger partial charge in [-0.05, 0) is 57.7 Å². The van der Waals surface area contributed by atoms with Crippen LogP contribution in [0.3, 0.4) is 0 Å². The molecule has 0 atom stereocenters. The molecule has 3 aromatic rings. The third-order valence-corrected chi connectivity index (χ3v) is 4.48. The molecule has 4 rings (SSSR count). The zero-order valence-electron chi connectivity index (χ0n) is 11.8. The molecule has 0 spiro atoms. The molecule has 2 aromatic heterocycles. The first kappa shape index (κ1) is 13.6. The van der Waals surface area contributed by atoms with Crippen LogP contribution in [0.15, 0.2) is 47.2 Å². The third-order valence-electron chi connectivity index (χ3n) is 4.04. The first-order chi connectivity index (χ1) is 10.7. The molecule has 22 heavy (non-hydrogen) atoms. The highest BCUT2D eigenvalue weighted by Crippen LogP contribution is 2.30. The highest BCUT2D eigenvalue weighted by Gasteiger charge is 2.19. The van der Waals surface area contributed by atoms with Crippen molar-refractivity contribution >= 4 is 32.7 Å². The van der Waals surface area contributed by atoms with Crippen LogP contribution >= 0.6 is 15.9 Å². The molecule has 0 bridgehead atoms. The number of nitrogens with zero attached hydrogens (tertiary/aromatic N) is 3. The molecule has 3 nitrogen and oxygen atoms in total. The van der Waals surface area contributed by atoms with Crippen molar-refractivity contribution < 1.29 is 4.39 Å². The Morgan fingerprint density at radius 3 is 2.91 bits per heavy atom. The zero-order valence-corrected chi connectivity index (χ0v) is 13.3. The molecule has 0 aliphatic carbocycles. The highest BCUT2D eigenvalue weighted by molar-refractivity contribution is 9.10. The van der Waals surface area contributed by atoms with Crippen LogP contribution in [-0.2, 0) is 13.0 Å². The maximum atomic E-state index is 13.5. The van der Waals surface area contributed by atoms with Gasteiger partial charge in [-0.2, -0.15) is 0 Å². The Kier molecular flexibility index (Phi) is 3.30. The Labute approximate surface area is 135 Å². The molecule has 1 aromatic carbocycles. The molecule has 0 N–H and O–H groups in total. The van der Waals surface area contributed by atoms with Gasteiger partial charge in [0.1, 0.15) is 11.3 Å². The summed E-state index contributed by atoms with van der Waals surface area (Å²) >= 11 is 3.42. The van der Waals surface area contributed by atoms with E-state index in [-0.39, 0.29) is 5.82 Å². The number of pyridine rings is 2. The number of halogens is 2. The van der Waals surface area contributed by atoms with Crippen LogP contribution in [0.1, 0.15) is 11.1 Å². The Hall–Kier alpha value is -2.01. The second kappa shape index (κ2) is 5.32. The van der Waals surface area contributed by atoms with E-state index in [4.69, 9.17) is 0 Å². The summed E-state index contributed by atoms with van der Waals surface area (Å²) in [4.78, 5) is 11.1. The summed E-state index contributed by atoms with van der Waals surface area (Å²) in [5.74, 6) is -0.178. The predicted molar refractivity (Wildman–Crippen MR) is 88.4 cm³/mol. The van der Waals surface area contributed by atoms with E-state index in [1.54, 1.807) is 18.5 Å². The van der Waals surface area contributed by atoms with E-state index in [1.807, 2.05) is 18.2 Å². The molecular weight excluding hydrogens is 345 g/mol. The van der Waals surface area contributed by atoms with Crippen LogP contribution < -0.4 is 4.90 Å². The van der Waals surface area contributed by atoms with Gasteiger partial charge in [0, 0.05) is 30.0 Å². The fraction of sp³-hybridized carbons (Fsp3) is 0.176. The van der Waals surface area contributed by atoms with Crippen molar-refractivity contribution in [3.8, 4) is 0 Å². The van der Waals surface area contributed by atoms with E-state index in [0.717, 1.165) is 39.7 Å². The summed E-state index contributed by atoms with van der Waals surface area (Å²) in [5.41, 5.74) is 5.06. The minimum absolute atomic E-state index is 0.178. The summed E-state index contributed by atoms with van der Waals surface area (Å²) in [6.45, 7) is 1.60. The first-order valence-corrected chi connectivity index (χ1v) is 7.92. The zero-order chi connectivity index (χ0) is 15.1. The Balaban J connectivity index is 1.77. The van der Waals surface area contributed by atoms with E-state index in [2.05, 4.69) is 30.8 Å². The molecular formula is C17H13BrFN3. The van der Waals surface area contributed by atoms with Gasteiger partial charge >= 0.3 is 0 Å². The molecule has 0 unspecified atom stereocenters. The van der Waals surface area contributed by atoms with Crippen molar-refractivity contribution in [2.24, 2.45) is 0 Å². The highest BCUT2D eigenvalue weighted by atomic mass is 79.9. The molecule has 0 amide bonds. The van der Waals surface area contributed by atoms with Crippen LogP contribution in [0.2, 0.25) is 0 Å². The van der Waals surface area contributed by atoms with Crippen LogP contribution in [-0.4, -0.2) is 16.5 Å². The number of aromatic nitrogens is 2. The maximum absolute atomic E-state index is 13.5. The number of benzene rings is 1. The second-order valence-electron chi connectivity index (χ2n) is 5.44. The quantitative estimate of drug-likeness (QED) is 0.656. The normalized spacial score (nSPS) is 14.2. The standard InChI is InChI=1S/C17H13BrFN3/c18-13-8-15-17(21-9-13)16(3-5-20-15)22-6-4-11-1-2-14(19)7-12(11)10-22/h1-3,5,7-9H,4,6,10H2. The third kappa shape index (κ3) is 2.35. The molecule has 0 fully saturated rings. The van der Waals surface area contributed by atoms with E-state index >= 15 is 0 Å². The van der Waals surface area contributed by atoms with Crippen molar-refractivity contribution in [1.82, 2.24) is 9.97 Å². The predicted octanol–water partition coefficient (Wildman–Crippen LogP) is 4.09. The molecule has 5 heteroatoms. The van der Waals surface area contributed by atoms with Gasteiger partial charge in [0.2, 0.25) is 0 Å². The lowest BCUT2D eigenvalue weighted by molar-refractivity contribution is 0.619. The topological polar surface area (TPSA) is 29.0 Å². The van der Waals surface area contributed by atoms with Gasteiger partial charge in [-0.25, -0.2) is 4.39 Å². The smallest absolute Gasteiger partial charge is 0.123 e. The van der Waals surface area contributed by atoms with E-state index in [0.29, 0.717) is 6.54 Å². The van der Waals surface area contributed by atoms with Crippen molar-refractivity contribution in [3.05, 3.63) is 64.1 Å². The number of fused-ring (bicyclic) bond motifs is 2. The van der Waals surface area contributed by atoms with Crippen LogP contribution in [0.4, 0.5) is 10.1 Å². The van der Waals surface area contributed by atoms with Crippen molar-refractivity contribution in [3.63, 3.8) is 0 Å². The van der Waals surface area contributed by atoms with Crippen LogP contribution in [0.25, 0.3) is 11.0 Å². The monoisotopic (exact) mass is 357 g/mol. The van der Waals surface area contributed by atoms with Crippen molar-refractivity contribution in [1.29, 1.82) is 0 Å². The summed E-state index contributed by atoms with van der Waals surface area (Å²) < 4.78 is 14.4. The molecule has 0 saturated carbocycles. The summed E-state index contributed by atoms with van der Waals surface area (Å²) in [6.07, 6.45) is 4.49. The van der Waals surface area contributed by atoms with Gasteiger partial charge < -0.3 is 4.90 Å². The van der Waals surface area contributed by atoms with Crippen molar-refractivity contribution in [2.75, 3.05) is 11.4 Å². The first-order valence-electron chi connectivity index (χ1n) is 7.13. The van der Waals surface area contributed by atoms with Gasteiger partial charge in [-0.3, -0.25) is 9.97 Å². The minimum Gasteiger partial charge on any atom is -0.365 e. The fourth-order valence-corrected chi connectivity index (χ4v) is 3.30. The number of anilines is 1. The lowest BCUT2D eigenvalue weighted by atomic mass is 9.99. The summed E-state index contributed by atoms with van der Waals surface area (Å²) in [5, 5.41) is 0. The molecule has 1 aliphatic rings. The maximum Gasteiger partial charge on any atom is 0.123 e. The van der Waals surface area contributed by atoms with Gasteiger partial charge in [-0.1, -0.05) is 6.07 Å². The molecule has 1 aliphatic heterocycles. The van der Waals surface area contributed by atoms with Crippen molar-refractivity contribution in [2.45, 2.75) is 13.0 Å². The van der Waals surface area contributed by atoms with Gasteiger partial charge in [0.05, 0.1) is 11.2 Å². The van der Waals surface area contributed by atoms with E-state index in [9.17, 15) is 4.39 Å². The number of rotatable bonds is 1. The van der Waals surface area contributed by atoms with Gasteiger partial charge in [0.25, 0.3) is 0 Å². The van der Waals surface area contributed by atoms with Crippen LogP contribution in [0, 0.1) is 5.82 Å². The minimum atomic E-state index is -0.178. The molecule has 0 radical (unpaired) electrons. The Bertz CT molecular complexity index is 866. The fourth-order valence-electron chi connectivity index (χ4n) is 2.98. The average Bonchev–Trinajstić information content (AvgIpc) is 2.53. The molecule has 3 heterocycles. The lowest BCUT2D eigenvalue weighted by Crippen LogP contribution is -2.30. The second-order valence-corrected chi connectivity index (χ2v) is 6.35. The SMILES string of the molecule is Fc1ccc2c(c1)CN(c1ccnc3cc(Br)cnc13)CC2. The average molecular weight is 358 g/mol. The Morgan fingerprint density at radius 1 is 1.09 bits per heavy atom. The molecule has 110 valence electrons.